The van der Waals surface area contributed by atoms with E-state index in [0.29, 0.717) is 25.7 Å². The molecule has 0 saturated heterocycles. The molecule has 3 N–H and O–H groups in total. The van der Waals surface area contributed by atoms with Crippen LogP contribution in [0.4, 0.5) is 0 Å². The number of phosphoric acid groups is 2. The second-order valence-electron chi connectivity index (χ2n) is 32.2. The quantitative estimate of drug-likeness (QED) is 0.0222. The fourth-order valence-corrected chi connectivity index (χ4v) is 15.2. The van der Waals surface area contributed by atoms with E-state index in [9.17, 15) is 43.2 Å². The van der Waals surface area contributed by atoms with Crippen LogP contribution in [0.2, 0.25) is 0 Å². The van der Waals surface area contributed by atoms with Gasteiger partial charge in [0.1, 0.15) is 19.3 Å². The van der Waals surface area contributed by atoms with E-state index in [1.54, 1.807) is 0 Å². The van der Waals surface area contributed by atoms with E-state index in [-0.39, 0.29) is 25.7 Å². The van der Waals surface area contributed by atoms with Crippen molar-refractivity contribution in [3.63, 3.8) is 0 Å². The molecule has 0 aliphatic rings. The second kappa shape index (κ2) is 78.3. The highest BCUT2D eigenvalue weighted by atomic mass is 31.2. The van der Waals surface area contributed by atoms with E-state index in [1.165, 1.54) is 283 Å². The van der Waals surface area contributed by atoms with Gasteiger partial charge in [0.2, 0.25) is 0 Å². The average molecular weight is 1550 g/mol. The van der Waals surface area contributed by atoms with Gasteiger partial charge in [-0.05, 0) is 37.5 Å². The number of phosphoric ester groups is 2. The predicted octanol–water partition coefficient (Wildman–Crippen LogP) is 26.6. The first kappa shape index (κ1) is 104. The number of aliphatic hydroxyl groups is 1. The highest BCUT2D eigenvalue weighted by molar-refractivity contribution is 7.47. The van der Waals surface area contributed by atoms with Gasteiger partial charge in [-0.1, -0.05) is 414 Å². The Hall–Kier alpha value is -1.94. The average Bonchev–Trinajstić information content (AvgIpc) is 0.905. The van der Waals surface area contributed by atoms with Crippen LogP contribution in [0.3, 0.4) is 0 Å². The lowest BCUT2D eigenvalue weighted by Crippen LogP contribution is -2.30. The van der Waals surface area contributed by atoms with E-state index >= 15 is 0 Å². The molecule has 17 nitrogen and oxygen atoms in total. The van der Waals surface area contributed by atoms with Gasteiger partial charge in [-0.25, -0.2) is 9.13 Å². The summed E-state index contributed by atoms with van der Waals surface area (Å²) in [4.78, 5) is 73.3. The zero-order chi connectivity index (χ0) is 77.8. The van der Waals surface area contributed by atoms with E-state index in [1.807, 2.05) is 0 Å². The lowest BCUT2D eigenvalue weighted by Gasteiger charge is -2.21. The minimum atomic E-state index is -4.97. The smallest absolute Gasteiger partial charge is 0.462 e. The normalized spacial score (nSPS) is 13.8. The van der Waals surface area contributed by atoms with Crippen molar-refractivity contribution < 1.29 is 80.2 Å². The van der Waals surface area contributed by atoms with Crippen LogP contribution in [0.1, 0.15) is 465 Å². The zero-order valence-electron chi connectivity index (χ0n) is 69.7. The fraction of sp³-hybridized carbons (Fsp3) is 0.954. The molecule has 0 aromatic carbocycles. The number of hydrogen-bond donors (Lipinski definition) is 3. The molecule has 2 unspecified atom stereocenters. The highest BCUT2D eigenvalue weighted by Gasteiger charge is 2.30. The van der Waals surface area contributed by atoms with E-state index in [4.69, 9.17) is 37.0 Å². The molecule has 106 heavy (non-hydrogen) atoms. The predicted molar refractivity (Wildman–Crippen MR) is 437 cm³/mol. The Kier molecular flexibility index (Phi) is 76.9. The van der Waals surface area contributed by atoms with Gasteiger partial charge >= 0.3 is 39.5 Å². The summed E-state index contributed by atoms with van der Waals surface area (Å²) in [5.41, 5.74) is 0. The first-order valence-corrected chi connectivity index (χ1v) is 48.0. The Morgan fingerprint density at radius 1 is 0.255 bits per heavy atom. The minimum Gasteiger partial charge on any atom is -0.462 e. The maximum absolute atomic E-state index is 13.2. The Morgan fingerprint density at radius 3 is 0.642 bits per heavy atom. The standard InChI is InChI=1S/C87H170O17P2/c1-7-9-11-13-15-17-19-21-22-23-24-27-34-40-46-52-58-64-70-85(90)98-76-83(103-86(91)71-65-59-53-47-41-35-28-25-26-32-37-43-49-55-61-67-79(3)4)78-102-106(95,96)100-74-81(88)73-99-105(93,94)101-77-82(75-97-84(89)69-63-57-51-45-39-31-20-18-16-14-12-10-8-2)104-87(92)72-66-60-54-48-42-36-30-29-33-38-44-50-56-62-68-80(5)6/h79-83,88H,7-78H2,1-6H3,(H,93,94)(H,95,96)/t81-,82+,83+/m0/s1. The van der Waals surface area contributed by atoms with Crippen molar-refractivity contribution in [2.45, 2.75) is 484 Å². The molecule has 0 fully saturated rings. The largest absolute Gasteiger partial charge is 0.472 e. The lowest BCUT2D eigenvalue weighted by molar-refractivity contribution is -0.161. The Balaban J connectivity index is 5.27. The molecule has 0 spiro atoms. The van der Waals surface area contributed by atoms with Crippen LogP contribution in [-0.2, 0) is 65.4 Å². The summed E-state index contributed by atoms with van der Waals surface area (Å²) >= 11 is 0. The van der Waals surface area contributed by atoms with Gasteiger partial charge in [-0.2, -0.15) is 0 Å². The van der Waals surface area contributed by atoms with Crippen LogP contribution < -0.4 is 0 Å². The molecular weight excluding hydrogens is 1380 g/mol. The van der Waals surface area contributed by atoms with Crippen LogP contribution in [0, 0.1) is 11.8 Å². The van der Waals surface area contributed by atoms with E-state index in [0.717, 1.165) is 102 Å². The molecule has 0 amide bonds. The summed E-state index contributed by atoms with van der Waals surface area (Å²) in [5, 5.41) is 10.7. The van der Waals surface area contributed by atoms with Crippen molar-refractivity contribution >= 4 is 39.5 Å². The summed E-state index contributed by atoms with van der Waals surface area (Å²) in [5.74, 6) is -0.500. The summed E-state index contributed by atoms with van der Waals surface area (Å²) in [6.07, 6.45) is 70.7. The van der Waals surface area contributed by atoms with Crippen LogP contribution in [0.5, 0.6) is 0 Å². The first-order chi connectivity index (χ1) is 51.4. The third kappa shape index (κ3) is 80.1. The van der Waals surface area contributed by atoms with E-state index in [2.05, 4.69) is 41.5 Å². The van der Waals surface area contributed by atoms with Gasteiger partial charge in [0.25, 0.3) is 0 Å². The number of carbonyl (C=O) groups excluding carboxylic acids is 4. The summed E-state index contributed by atoms with van der Waals surface area (Å²) < 4.78 is 69.0. The van der Waals surface area contributed by atoms with Crippen molar-refractivity contribution in [3.8, 4) is 0 Å². The molecule has 0 bridgehead atoms. The van der Waals surface area contributed by atoms with Crippen LogP contribution in [0.15, 0.2) is 0 Å². The molecule has 0 aromatic rings. The Morgan fingerprint density at radius 2 is 0.434 bits per heavy atom. The molecule has 0 rings (SSSR count). The number of rotatable bonds is 86. The highest BCUT2D eigenvalue weighted by Crippen LogP contribution is 2.45. The first-order valence-electron chi connectivity index (χ1n) is 45.0. The molecule has 19 heteroatoms. The monoisotopic (exact) mass is 1550 g/mol. The summed E-state index contributed by atoms with van der Waals surface area (Å²) in [7, 11) is -9.93. The third-order valence-corrected chi connectivity index (χ3v) is 22.4. The molecule has 0 aliphatic carbocycles. The molecule has 630 valence electrons. The number of aliphatic hydroxyl groups excluding tert-OH is 1. The Bertz CT molecular complexity index is 2030. The molecular formula is C87H170O17P2. The maximum atomic E-state index is 13.2. The SMILES string of the molecule is CCCCCCCCCCCCCCCCCCCCC(=O)OC[C@H](COP(=O)(O)OC[C@@H](O)COP(=O)(O)OC[C@@H](COC(=O)CCCCCCCCCCCCCCC)OC(=O)CCCCCCCCCCCCCCCCC(C)C)OC(=O)CCCCCCCCCCCCCCCCCC(C)C. The van der Waals surface area contributed by atoms with Crippen molar-refractivity contribution in [3.05, 3.63) is 0 Å². The summed E-state index contributed by atoms with van der Waals surface area (Å²) in [6, 6.07) is 0. The topological polar surface area (TPSA) is 237 Å². The number of ether oxygens (including phenoxy) is 4. The lowest BCUT2D eigenvalue weighted by atomic mass is 10.0. The molecule has 0 radical (unpaired) electrons. The van der Waals surface area contributed by atoms with Crippen molar-refractivity contribution in [2.24, 2.45) is 11.8 Å². The molecule has 0 heterocycles. The Labute approximate surface area is 651 Å². The van der Waals surface area contributed by atoms with Crippen molar-refractivity contribution in [1.82, 2.24) is 0 Å². The van der Waals surface area contributed by atoms with Gasteiger partial charge in [0, 0.05) is 25.7 Å². The van der Waals surface area contributed by atoms with Gasteiger partial charge in [-0.3, -0.25) is 37.3 Å². The summed E-state index contributed by atoms with van der Waals surface area (Å²) in [6.45, 7) is 9.74. The number of esters is 4. The van der Waals surface area contributed by atoms with Crippen molar-refractivity contribution in [2.75, 3.05) is 39.6 Å². The molecule has 0 saturated carbocycles. The van der Waals surface area contributed by atoms with Crippen molar-refractivity contribution in [1.29, 1.82) is 0 Å². The molecule has 0 aromatic heterocycles. The van der Waals surface area contributed by atoms with Crippen LogP contribution >= 0.6 is 15.6 Å². The van der Waals surface area contributed by atoms with Crippen LogP contribution in [-0.4, -0.2) is 96.7 Å². The van der Waals surface area contributed by atoms with Gasteiger partial charge < -0.3 is 33.8 Å². The molecule has 0 aliphatic heterocycles. The number of hydrogen-bond acceptors (Lipinski definition) is 15. The van der Waals surface area contributed by atoms with E-state index < -0.39 is 97.5 Å². The third-order valence-electron chi connectivity index (χ3n) is 20.5. The fourth-order valence-electron chi connectivity index (χ4n) is 13.6. The van der Waals surface area contributed by atoms with Gasteiger partial charge in [-0.15, -0.1) is 0 Å². The number of carbonyl (C=O) groups is 4. The number of unbranched alkanes of at least 4 members (excludes halogenated alkanes) is 56. The van der Waals surface area contributed by atoms with Crippen LogP contribution in [0.25, 0.3) is 0 Å². The molecule has 5 atom stereocenters. The van der Waals surface area contributed by atoms with Gasteiger partial charge in [0.15, 0.2) is 12.2 Å². The zero-order valence-corrected chi connectivity index (χ0v) is 71.5. The maximum Gasteiger partial charge on any atom is 0.472 e. The minimum absolute atomic E-state index is 0.108. The van der Waals surface area contributed by atoms with Gasteiger partial charge in [0.05, 0.1) is 26.4 Å². The second-order valence-corrected chi connectivity index (χ2v) is 35.1.